The molecule has 4 aromatic rings. The summed E-state index contributed by atoms with van der Waals surface area (Å²) in [5.41, 5.74) is 10.3. The number of nitrogens with zero attached hydrogens (tertiary/aromatic N) is 5. The van der Waals surface area contributed by atoms with Crippen molar-refractivity contribution in [2.75, 3.05) is 39.6 Å². The van der Waals surface area contributed by atoms with E-state index >= 15 is 0 Å². The molecule has 0 unspecified atom stereocenters. The number of hydrogen-bond donors (Lipinski definition) is 1. The molecule has 3 heterocycles. The van der Waals surface area contributed by atoms with E-state index < -0.39 is 0 Å². The van der Waals surface area contributed by atoms with Gasteiger partial charge in [0.05, 0.1) is 30.8 Å². The van der Waals surface area contributed by atoms with Crippen molar-refractivity contribution in [1.82, 2.24) is 24.4 Å². The minimum atomic E-state index is -0.285. The predicted octanol–water partition coefficient (Wildman–Crippen LogP) is 4.37. The molecule has 0 radical (unpaired) electrons. The smallest absolute Gasteiger partial charge is 0.220 e. The van der Waals surface area contributed by atoms with E-state index in [9.17, 15) is 4.39 Å². The van der Waals surface area contributed by atoms with Crippen molar-refractivity contribution in [3.63, 3.8) is 0 Å². The van der Waals surface area contributed by atoms with Crippen LogP contribution in [0.3, 0.4) is 0 Å². The third kappa shape index (κ3) is 5.47. The molecule has 0 saturated carbocycles. The average Bonchev–Trinajstić information content (AvgIpc) is 3.47. The molecule has 2 N–H and O–H groups in total. The highest BCUT2D eigenvalue weighted by molar-refractivity contribution is 5.78. The van der Waals surface area contributed by atoms with Gasteiger partial charge in [0.15, 0.2) is 0 Å². The summed E-state index contributed by atoms with van der Waals surface area (Å²) in [6.45, 7) is 2.99. The van der Waals surface area contributed by atoms with Crippen LogP contribution < -0.4 is 10.5 Å². The molecule has 0 amide bonds. The molecule has 2 aromatic heterocycles. The van der Waals surface area contributed by atoms with Crippen LogP contribution in [0.5, 0.6) is 5.75 Å². The molecule has 1 aliphatic heterocycles. The lowest BCUT2D eigenvalue weighted by atomic mass is 10.1. The minimum absolute atomic E-state index is 0.172. The van der Waals surface area contributed by atoms with Gasteiger partial charge in [-0.3, -0.25) is 4.90 Å². The Bertz CT molecular complexity index is 1360. The zero-order valence-electron chi connectivity index (χ0n) is 21.1. The number of benzene rings is 2. The van der Waals surface area contributed by atoms with Gasteiger partial charge in [0.2, 0.25) is 5.95 Å². The second-order valence-corrected chi connectivity index (χ2v) is 9.17. The molecule has 2 aromatic carbocycles. The summed E-state index contributed by atoms with van der Waals surface area (Å²) in [6, 6.07) is 16.6. The summed E-state index contributed by atoms with van der Waals surface area (Å²) in [6.07, 6.45) is 3.46. The van der Waals surface area contributed by atoms with Gasteiger partial charge < -0.3 is 19.8 Å². The van der Waals surface area contributed by atoms with Gasteiger partial charge >= 0.3 is 0 Å². The fraction of sp³-hybridized carbons (Fsp3) is 0.321. The fourth-order valence-corrected chi connectivity index (χ4v) is 4.99. The maximum atomic E-state index is 13.7. The predicted molar refractivity (Wildman–Crippen MR) is 141 cm³/mol. The van der Waals surface area contributed by atoms with Crippen LogP contribution in [0.2, 0.25) is 0 Å². The number of nitrogens with two attached hydrogens (primary N) is 1. The third-order valence-electron chi connectivity index (χ3n) is 6.71. The van der Waals surface area contributed by atoms with Crippen molar-refractivity contribution >= 4 is 5.95 Å². The van der Waals surface area contributed by atoms with E-state index in [4.69, 9.17) is 20.2 Å². The van der Waals surface area contributed by atoms with Crippen molar-refractivity contribution in [3.8, 4) is 28.4 Å². The zero-order valence-corrected chi connectivity index (χ0v) is 21.1. The quantitative estimate of drug-likeness (QED) is 0.344. The highest BCUT2D eigenvalue weighted by atomic mass is 19.1. The molecule has 1 aliphatic rings. The minimum Gasteiger partial charge on any atom is -0.497 e. The normalized spacial score (nSPS) is 14.8. The van der Waals surface area contributed by atoms with Crippen molar-refractivity contribution in [1.29, 1.82) is 0 Å². The van der Waals surface area contributed by atoms with Crippen LogP contribution in [0.25, 0.3) is 22.6 Å². The van der Waals surface area contributed by atoms with Crippen molar-refractivity contribution in [2.45, 2.75) is 25.4 Å². The molecule has 0 spiro atoms. The lowest BCUT2D eigenvalue weighted by Gasteiger charge is -2.27. The lowest BCUT2D eigenvalue weighted by Crippen LogP contribution is -2.32. The van der Waals surface area contributed by atoms with Crippen molar-refractivity contribution in [2.24, 2.45) is 0 Å². The summed E-state index contributed by atoms with van der Waals surface area (Å²) in [7, 11) is 3.40. The van der Waals surface area contributed by atoms with Crippen molar-refractivity contribution in [3.05, 3.63) is 78.0 Å². The van der Waals surface area contributed by atoms with E-state index in [2.05, 4.69) is 31.6 Å². The van der Waals surface area contributed by atoms with E-state index in [0.29, 0.717) is 12.3 Å². The van der Waals surface area contributed by atoms with Gasteiger partial charge in [0, 0.05) is 51.0 Å². The summed E-state index contributed by atoms with van der Waals surface area (Å²) in [5.74, 6) is 1.75. The maximum absolute atomic E-state index is 13.7. The molecule has 9 heteroatoms. The van der Waals surface area contributed by atoms with Gasteiger partial charge in [-0.15, -0.1) is 0 Å². The highest BCUT2D eigenvalue weighted by Gasteiger charge is 2.32. The number of fused-ring (bicyclic) bond motifs is 1. The van der Waals surface area contributed by atoms with E-state index in [0.717, 1.165) is 61.0 Å². The Labute approximate surface area is 215 Å². The molecule has 1 atom stereocenters. The van der Waals surface area contributed by atoms with E-state index in [1.54, 1.807) is 32.5 Å². The number of rotatable bonds is 10. The number of hydrogen-bond acceptors (Lipinski definition) is 7. The molecule has 8 nitrogen and oxygen atoms in total. The number of imidazole rings is 1. The number of ether oxygens (including phenoxy) is 2. The summed E-state index contributed by atoms with van der Waals surface area (Å²) in [5, 5.41) is 0. The Morgan fingerprint density at radius 1 is 1.11 bits per heavy atom. The van der Waals surface area contributed by atoms with Gasteiger partial charge in [-0.1, -0.05) is 12.1 Å². The van der Waals surface area contributed by atoms with Crippen LogP contribution in [0, 0.1) is 5.82 Å². The average molecular weight is 503 g/mol. The Hall–Kier alpha value is -3.82. The molecule has 5 rings (SSSR count). The number of nitrogen functional groups attached to an aromatic ring is 1. The number of halogens is 1. The molecule has 37 heavy (non-hydrogen) atoms. The first-order valence-corrected chi connectivity index (χ1v) is 12.4. The molecular formula is C28H31FN6O2. The van der Waals surface area contributed by atoms with Crippen LogP contribution in [-0.2, 0) is 17.7 Å². The Kier molecular flexibility index (Phi) is 7.43. The van der Waals surface area contributed by atoms with E-state index in [1.165, 1.54) is 17.7 Å². The van der Waals surface area contributed by atoms with Gasteiger partial charge in [-0.25, -0.2) is 19.3 Å². The number of methoxy groups -OCH3 is 2. The molecule has 0 saturated heterocycles. The number of aryl methyl sites for hydroxylation is 1. The SMILES string of the molecule is COCCN(Cc1cccc(OC)c1)C[C@@H]1CCc2nc(-c3ccc(F)cc3)c(-c3ccnc(N)n3)n21. The maximum Gasteiger partial charge on any atom is 0.220 e. The fourth-order valence-electron chi connectivity index (χ4n) is 4.99. The number of anilines is 1. The Morgan fingerprint density at radius 2 is 1.95 bits per heavy atom. The first-order valence-electron chi connectivity index (χ1n) is 12.4. The largest absolute Gasteiger partial charge is 0.497 e. The standard InChI is InChI=1S/C28H31FN6O2/c1-36-15-14-34(17-19-4-3-5-23(16-19)37-2)18-22-10-11-25-33-26(20-6-8-21(29)9-7-20)27(35(22)25)24-12-13-31-28(30)32-24/h3-9,12-13,16,22H,10-11,14-15,17-18H2,1-2H3,(H2,30,31,32)/t22-/m0/s1. The van der Waals surface area contributed by atoms with Crippen LogP contribution in [-0.4, -0.2) is 58.3 Å². The first kappa shape index (κ1) is 24.9. The topological polar surface area (TPSA) is 91.3 Å². The highest BCUT2D eigenvalue weighted by Crippen LogP contribution is 2.39. The van der Waals surface area contributed by atoms with Crippen molar-refractivity contribution < 1.29 is 13.9 Å². The Balaban J connectivity index is 1.51. The van der Waals surface area contributed by atoms with Crippen LogP contribution in [0.4, 0.5) is 10.3 Å². The van der Waals surface area contributed by atoms with Crippen LogP contribution in [0.15, 0.2) is 60.8 Å². The lowest BCUT2D eigenvalue weighted by molar-refractivity contribution is 0.134. The summed E-state index contributed by atoms with van der Waals surface area (Å²) >= 11 is 0. The summed E-state index contributed by atoms with van der Waals surface area (Å²) in [4.78, 5) is 16.0. The third-order valence-corrected chi connectivity index (χ3v) is 6.71. The van der Waals surface area contributed by atoms with Crippen LogP contribution >= 0.6 is 0 Å². The van der Waals surface area contributed by atoms with E-state index in [1.807, 2.05) is 18.2 Å². The van der Waals surface area contributed by atoms with Gasteiger partial charge in [-0.2, -0.15) is 0 Å². The zero-order chi connectivity index (χ0) is 25.8. The molecule has 0 bridgehead atoms. The summed E-state index contributed by atoms with van der Waals surface area (Å²) < 4.78 is 26.8. The Morgan fingerprint density at radius 3 is 2.70 bits per heavy atom. The molecule has 192 valence electrons. The molecule has 0 aliphatic carbocycles. The van der Waals surface area contributed by atoms with Gasteiger partial charge in [0.1, 0.15) is 17.4 Å². The van der Waals surface area contributed by atoms with E-state index in [-0.39, 0.29) is 17.8 Å². The monoisotopic (exact) mass is 502 g/mol. The van der Waals surface area contributed by atoms with Gasteiger partial charge in [-0.05, 0) is 54.4 Å². The second kappa shape index (κ2) is 11.1. The van der Waals surface area contributed by atoms with Gasteiger partial charge in [0.25, 0.3) is 0 Å². The molecular weight excluding hydrogens is 471 g/mol. The number of aromatic nitrogens is 4. The first-order chi connectivity index (χ1) is 18.1. The molecule has 0 fully saturated rings. The second-order valence-electron chi connectivity index (χ2n) is 9.17. The van der Waals surface area contributed by atoms with Crippen LogP contribution in [0.1, 0.15) is 23.9 Å².